The fourth-order valence-corrected chi connectivity index (χ4v) is 2.05. The molecule has 1 aliphatic heterocycles. The summed E-state index contributed by atoms with van der Waals surface area (Å²) >= 11 is 0. The van der Waals surface area contributed by atoms with Crippen LogP contribution in [0, 0.1) is 5.92 Å². The molecule has 6 nitrogen and oxygen atoms in total. The molecule has 0 aliphatic carbocycles. The van der Waals surface area contributed by atoms with Gasteiger partial charge in [0.05, 0.1) is 31.5 Å². The van der Waals surface area contributed by atoms with Gasteiger partial charge in [0.25, 0.3) is 0 Å². The predicted octanol–water partition coefficient (Wildman–Crippen LogP) is 1.01. The quantitative estimate of drug-likeness (QED) is 0.759. The standard InChI is InChI=1S/C13H16N2O4/c1-3-19-11-5-4-10(7-14-11)15-8-9(6-12(15)16)13(17)18-2/h4-5,7,9H,3,6,8H2,1-2H3. The molecule has 0 aromatic carbocycles. The molecule has 19 heavy (non-hydrogen) atoms. The van der Waals surface area contributed by atoms with Gasteiger partial charge in [-0.2, -0.15) is 0 Å². The van der Waals surface area contributed by atoms with Crippen molar-refractivity contribution >= 4 is 17.6 Å². The second-order valence-corrected chi connectivity index (χ2v) is 4.22. The predicted molar refractivity (Wildman–Crippen MR) is 67.9 cm³/mol. The zero-order valence-electron chi connectivity index (χ0n) is 11.0. The lowest BCUT2D eigenvalue weighted by molar-refractivity contribution is -0.145. The fraction of sp³-hybridized carbons (Fsp3) is 0.462. The highest BCUT2D eigenvalue weighted by molar-refractivity contribution is 5.99. The summed E-state index contributed by atoms with van der Waals surface area (Å²) in [7, 11) is 1.33. The van der Waals surface area contributed by atoms with Gasteiger partial charge in [-0.05, 0) is 13.0 Å². The first-order chi connectivity index (χ1) is 9.15. The van der Waals surface area contributed by atoms with E-state index in [4.69, 9.17) is 4.74 Å². The monoisotopic (exact) mass is 264 g/mol. The Morgan fingerprint density at radius 1 is 1.53 bits per heavy atom. The molecule has 2 heterocycles. The van der Waals surface area contributed by atoms with E-state index in [1.807, 2.05) is 6.92 Å². The number of anilines is 1. The van der Waals surface area contributed by atoms with Crippen LogP contribution < -0.4 is 9.64 Å². The van der Waals surface area contributed by atoms with Crippen molar-refractivity contribution in [2.45, 2.75) is 13.3 Å². The van der Waals surface area contributed by atoms with Gasteiger partial charge in [-0.1, -0.05) is 0 Å². The Bertz CT molecular complexity index is 472. The van der Waals surface area contributed by atoms with Crippen LogP contribution in [0.2, 0.25) is 0 Å². The molecule has 0 saturated carbocycles. The van der Waals surface area contributed by atoms with E-state index in [9.17, 15) is 9.59 Å². The number of carbonyl (C=O) groups is 2. The highest BCUT2D eigenvalue weighted by atomic mass is 16.5. The number of amides is 1. The van der Waals surface area contributed by atoms with E-state index in [0.29, 0.717) is 24.7 Å². The van der Waals surface area contributed by atoms with Crippen molar-refractivity contribution in [1.82, 2.24) is 4.98 Å². The van der Waals surface area contributed by atoms with E-state index < -0.39 is 5.92 Å². The molecular formula is C13H16N2O4. The maximum absolute atomic E-state index is 11.9. The van der Waals surface area contributed by atoms with Gasteiger partial charge < -0.3 is 14.4 Å². The Balaban J connectivity index is 2.09. The van der Waals surface area contributed by atoms with Gasteiger partial charge in [0.15, 0.2) is 0 Å². The zero-order valence-corrected chi connectivity index (χ0v) is 11.0. The van der Waals surface area contributed by atoms with Crippen molar-refractivity contribution < 1.29 is 19.1 Å². The lowest BCUT2D eigenvalue weighted by Gasteiger charge is -2.16. The van der Waals surface area contributed by atoms with Gasteiger partial charge >= 0.3 is 5.97 Å². The highest BCUT2D eigenvalue weighted by Gasteiger charge is 2.35. The second kappa shape index (κ2) is 5.69. The Labute approximate surface area is 111 Å². The fourth-order valence-electron chi connectivity index (χ4n) is 2.05. The third-order valence-electron chi connectivity index (χ3n) is 2.98. The molecule has 0 spiro atoms. The largest absolute Gasteiger partial charge is 0.478 e. The van der Waals surface area contributed by atoms with Crippen LogP contribution in [0.1, 0.15) is 13.3 Å². The SMILES string of the molecule is CCOc1ccc(N2CC(C(=O)OC)CC2=O)cn1. The number of pyridine rings is 1. The number of carbonyl (C=O) groups excluding carboxylic acids is 2. The molecule has 1 amide bonds. The van der Waals surface area contributed by atoms with Crippen LogP contribution in [0.15, 0.2) is 18.3 Å². The van der Waals surface area contributed by atoms with Crippen molar-refractivity contribution in [3.8, 4) is 5.88 Å². The van der Waals surface area contributed by atoms with Crippen LogP contribution in [-0.2, 0) is 14.3 Å². The molecule has 1 aromatic rings. The van der Waals surface area contributed by atoms with E-state index in [2.05, 4.69) is 9.72 Å². The van der Waals surface area contributed by atoms with Crippen LogP contribution in [-0.4, -0.2) is 37.1 Å². The van der Waals surface area contributed by atoms with Crippen molar-refractivity contribution in [3.05, 3.63) is 18.3 Å². The molecule has 0 N–H and O–H groups in total. The number of rotatable bonds is 4. The van der Waals surface area contributed by atoms with Gasteiger partial charge in [0.2, 0.25) is 11.8 Å². The Hall–Kier alpha value is -2.11. The van der Waals surface area contributed by atoms with E-state index in [1.54, 1.807) is 23.2 Å². The first kappa shape index (κ1) is 13.3. The molecule has 1 unspecified atom stereocenters. The Morgan fingerprint density at radius 2 is 2.32 bits per heavy atom. The number of methoxy groups -OCH3 is 1. The highest BCUT2D eigenvalue weighted by Crippen LogP contribution is 2.26. The number of ether oxygens (including phenoxy) is 2. The second-order valence-electron chi connectivity index (χ2n) is 4.22. The maximum atomic E-state index is 11.9. The summed E-state index contributed by atoms with van der Waals surface area (Å²) in [5, 5.41) is 0. The number of nitrogens with zero attached hydrogens (tertiary/aromatic N) is 2. The smallest absolute Gasteiger partial charge is 0.311 e. The van der Waals surface area contributed by atoms with Gasteiger partial charge in [-0.3, -0.25) is 9.59 Å². The van der Waals surface area contributed by atoms with Crippen LogP contribution in [0.4, 0.5) is 5.69 Å². The third kappa shape index (κ3) is 2.83. The van der Waals surface area contributed by atoms with E-state index in [1.165, 1.54) is 7.11 Å². The van der Waals surface area contributed by atoms with Crippen molar-refractivity contribution in [2.24, 2.45) is 5.92 Å². The van der Waals surface area contributed by atoms with Crippen LogP contribution in [0.3, 0.4) is 0 Å². The summed E-state index contributed by atoms with van der Waals surface area (Å²) in [5.41, 5.74) is 0.667. The van der Waals surface area contributed by atoms with Gasteiger partial charge in [-0.25, -0.2) is 4.98 Å². The van der Waals surface area contributed by atoms with Crippen molar-refractivity contribution in [2.75, 3.05) is 25.2 Å². The molecule has 2 rings (SSSR count). The van der Waals surface area contributed by atoms with Crippen LogP contribution in [0.25, 0.3) is 0 Å². The average molecular weight is 264 g/mol. The summed E-state index contributed by atoms with van der Waals surface area (Å²) < 4.78 is 9.90. The molecule has 1 atom stereocenters. The lowest BCUT2D eigenvalue weighted by atomic mass is 10.1. The summed E-state index contributed by atoms with van der Waals surface area (Å²) in [5.74, 6) is -0.331. The molecule has 1 saturated heterocycles. The minimum atomic E-state index is -0.399. The summed E-state index contributed by atoms with van der Waals surface area (Å²) in [6, 6.07) is 3.47. The van der Waals surface area contributed by atoms with E-state index in [-0.39, 0.29) is 18.3 Å². The van der Waals surface area contributed by atoms with Crippen molar-refractivity contribution in [1.29, 1.82) is 0 Å². The van der Waals surface area contributed by atoms with Crippen LogP contribution >= 0.6 is 0 Å². The van der Waals surface area contributed by atoms with Gasteiger partial charge in [0.1, 0.15) is 0 Å². The molecule has 0 radical (unpaired) electrons. The minimum Gasteiger partial charge on any atom is -0.478 e. The summed E-state index contributed by atoms with van der Waals surface area (Å²) in [6.07, 6.45) is 1.75. The minimum absolute atomic E-state index is 0.0960. The maximum Gasteiger partial charge on any atom is 0.311 e. The van der Waals surface area contributed by atoms with E-state index in [0.717, 1.165) is 0 Å². The zero-order chi connectivity index (χ0) is 13.8. The normalized spacial score (nSPS) is 18.5. The first-order valence-electron chi connectivity index (χ1n) is 6.12. The molecule has 1 fully saturated rings. The number of hydrogen-bond donors (Lipinski definition) is 0. The Morgan fingerprint density at radius 3 is 2.89 bits per heavy atom. The number of hydrogen-bond acceptors (Lipinski definition) is 5. The number of esters is 1. The molecule has 102 valence electrons. The molecule has 0 bridgehead atoms. The summed E-state index contributed by atoms with van der Waals surface area (Å²) in [4.78, 5) is 29.0. The number of aromatic nitrogens is 1. The average Bonchev–Trinajstić information content (AvgIpc) is 2.81. The van der Waals surface area contributed by atoms with Crippen molar-refractivity contribution in [3.63, 3.8) is 0 Å². The van der Waals surface area contributed by atoms with Gasteiger partial charge in [-0.15, -0.1) is 0 Å². The van der Waals surface area contributed by atoms with E-state index >= 15 is 0 Å². The topological polar surface area (TPSA) is 68.7 Å². The van der Waals surface area contributed by atoms with Crippen LogP contribution in [0.5, 0.6) is 5.88 Å². The molecular weight excluding hydrogens is 248 g/mol. The molecule has 1 aliphatic rings. The summed E-state index contributed by atoms with van der Waals surface area (Å²) in [6.45, 7) is 2.75. The first-order valence-corrected chi connectivity index (χ1v) is 6.12. The van der Waals surface area contributed by atoms with Gasteiger partial charge in [0, 0.05) is 19.0 Å². The molecule has 6 heteroatoms. The Kier molecular flexibility index (Phi) is 3.99. The lowest BCUT2D eigenvalue weighted by Crippen LogP contribution is -2.26. The molecule has 1 aromatic heterocycles. The third-order valence-corrected chi connectivity index (χ3v) is 2.98.